The van der Waals surface area contributed by atoms with Crippen molar-refractivity contribution in [2.24, 2.45) is 0 Å². The van der Waals surface area contributed by atoms with E-state index in [1.165, 1.54) is 0 Å². The summed E-state index contributed by atoms with van der Waals surface area (Å²) >= 11 is 5.63. The van der Waals surface area contributed by atoms with Crippen molar-refractivity contribution >= 4 is 11.6 Å². The van der Waals surface area contributed by atoms with E-state index in [9.17, 15) is 0 Å². The number of epoxide rings is 1. The predicted molar refractivity (Wildman–Crippen MR) is 37.9 cm³/mol. The van der Waals surface area contributed by atoms with Crippen LogP contribution in [0.15, 0.2) is 18.3 Å². The van der Waals surface area contributed by atoms with E-state index >= 15 is 0 Å². The van der Waals surface area contributed by atoms with Gasteiger partial charge in [0.25, 0.3) is 0 Å². The maximum absolute atomic E-state index is 5.63. The minimum atomic E-state index is 0.234. The van der Waals surface area contributed by atoms with Crippen LogP contribution in [0.1, 0.15) is 11.8 Å². The summed E-state index contributed by atoms with van der Waals surface area (Å²) in [6.07, 6.45) is 1.87. The fraction of sp³-hybridized carbons (Fsp3) is 0.286. The van der Waals surface area contributed by atoms with E-state index in [2.05, 4.69) is 4.98 Å². The second kappa shape index (κ2) is 2.22. The van der Waals surface area contributed by atoms with Crippen molar-refractivity contribution in [3.8, 4) is 0 Å². The van der Waals surface area contributed by atoms with Crippen molar-refractivity contribution in [2.45, 2.75) is 6.10 Å². The monoisotopic (exact) mass is 155 g/mol. The van der Waals surface area contributed by atoms with Gasteiger partial charge in [0.2, 0.25) is 0 Å². The van der Waals surface area contributed by atoms with Crippen LogP contribution in [0.3, 0.4) is 0 Å². The Hall–Kier alpha value is -0.600. The molecule has 1 saturated heterocycles. The maximum Gasteiger partial charge on any atom is 0.123 e. The van der Waals surface area contributed by atoms with E-state index in [4.69, 9.17) is 16.3 Å². The lowest BCUT2D eigenvalue weighted by atomic mass is 10.3. The average molecular weight is 156 g/mol. The van der Waals surface area contributed by atoms with Crippen LogP contribution in [0.2, 0.25) is 5.02 Å². The second-order valence-electron chi connectivity index (χ2n) is 2.22. The Balaban J connectivity index is 2.28. The molecular formula is C7H6ClNO. The third kappa shape index (κ3) is 1.13. The van der Waals surface area contributed by atoms with Crippen molar-refractivity contribution in [2.75, 3.05) is 6.61 Å². The number of rotatable bonds is 1. The summed E-state index contributed by atoms with van der Waals surface area (Å²) in [5.74, 6) is 0. The molecule has 1 aliphatic heterocycles. The quantitative estimate of drug-likeness (QED) is 0.578. The van der Waals surface area contributed by atoms with Crippen LogP contribution in [0.4, 0.5) is 0 Å². The standard InChI is InChI=1S/C7H6ClNO/c8-5-1-2-6(9-3-5)7-4-10-7/h1-3,7H,4H2/t7-/m1/s1. The molecule has 0 amide bonds. The summed E-state index contributed by atoms with van der Waals surface area (Å²) < 4.78 is 5.03. The van der Waals surface area contributed by atoms with Gasteiger partial charge in [-0.15, -0.1) is 0 Å². The third-order valence-corrected chi connectivity index (χ3v) is 1.64. The summed E-state index contributed by atoms with van der Waals surface area (Å²) in [6, 6.07) is 3.71. The first kappa shape index (κ1) is 6.13. The Kier molecular flexibility index (Phi) is 1.36. The largest absolute Gasteiger partial charge is 0.366 e. The molecule has 1 fully saturated rings. The van der Waals surface area contributed by atoms with E-state index in [-0.39, 0.29) is 6.10 Å². The predicted octanol–water partition coefficient (Wildman–Crippen LogP) is 1.81. The molecule has 1 aliphatic rings. The number of ether oxygens (including phenoxy) is 1. The van der Waals surface area contributed by atoms with Crippen molar-refractivity contribution < 1.29 is 4.74 Å². The molecule has 0 unspecified atom stereocenters. The van der Waals surface area contributed by atoms with Gasteiger partial charge in [0.1, 0.15) is 6.10 Å². The summed E-state index contributed by atoms with van der Waals surface area (Å²) in [5.41, 5.74) is 0.976. The molecule has 10 heavy (non-hydrogen) atoms. The van der Waals surface area contributed by atoms with E-state index in [1.54, 1.807) is 6.20 Å². The summed E-state index contributed by atoms with van der Waals surface area (Å²) in [5, 5.41) is 0.671. The molecular weight excluding hydrogens is 150 g/mol. The Morgan fingerprint density at radius 1 is 1.60 bits per heavy atom. The Labute approximate surface area is 63.8 Å². The van der Waals surface area contributed by atoms with Crippen molar-refractivity contribution in [1.29, 1.82) is 0 Å². The number of pyridine rings is 1. The smallest absolute Gasteiger partial charge is 0.123 e. The zero-order valence-corrected chi connectivity index (χ0v) is 6.01. The molecule has 0 aromatic carbocycles. The molecule has 0 N–H and O–H groups in total. The van der Waals surface area contributed by atoms with Gasteiger partial charge >= 0.3 is 0 Å². The van der Waals surface area contributed by atoms with E-state index in [0.29, 0.717) is 5.02 Å². The second-order valence-corrected chi connectivity index (χ2v) is 2.66. The summed E-state index contributed by atoms with van der Waals surface area (Å²) in [6.45, 7) is 0.800. The zero-order valence-electron chi connectivity index (χ0n) is 5.25. The van der Waals surface area contributed by atoms with Crippen LogP contribution in [0, 0.1) is 0 Å². The van der Waals surface area contributed by atoms with Crippen molar-refractivity contribution in [3.05, 3.63) is 29.0 Å². The Bertz CT molecular complexity index is 230. The van der Waals surface area contributed by atoms with Gasteiger partial charge in [-0.05, 0) is 12.1 Å². The molecule has 2 heterocycles. The maximum atomic E-state index is 5.63. The normalized spacial score (nSPS) is 22.7. The molecule has 0 spiro atoms. The van der Waals surface area contributed by atoms with Crippen LogP contribution in [0.25, 0.3) is 0 Å². The van der Waals surface area contributed by atoms with Gasteiger partial charge in [-0.1, -0.05) is 11.6 Å². The highest BCUT2D eigenvalue weighted by atomic mass is 35.5. The number of aromatic nitrogens is 1. The molecule has 0 radical (unpaired) electrons. The lowest BCUT2D eigenvalue weighted by Crippen LogP contribution is -1.84. The molecule has 2 nitrogen and oxygen atoms in total. The molecule has 52 valence electrons. The first-order valence-electron chi connectivity index (χ1n) is 3.09. The molecule has 0 saturated carbocycles. The van der Waals surface area contributed by atoms with Gasteiger partial charge in [-0.25, -0.2) is 0 Å². The van der Waals surface area contributed by atoms with Gasteiger partial charge in [0.15, 0.2) is 0 Å². The summed E-state index contributed by atoms with van der Waals surface area (Å²) in [4.78, 5) is 4.08. The number of halogens is 1. The lowest BCUT2D eigenvalue weighted by molar-refractivity contribution is 0.411. The van der Waals surface area contributed by atoms with Crippen LogP contribution in [0.5, 0.6) is 0 Å². The lowest BCUT2D eigenvalue weighted by Gasteiger charge is -1.92. The minimum absolute atomic E-state index is 0.234. The average Bonchev–Trinajstić information content (AvgIpc) is 2.71. The zero-order chi connectivity index (χ0) is 6.97. The highest BCUT2D eigenvalue weighted by molar-refractivity contribution is 6.30. The number of hydrogen-bond acceptors (Lipinski definition) is 2. The molecule has 0 aliphatic carbocycles. The van der Waals surface area contributed by atoms with Crippen LogP contribution < -0.4 is 0 Å². The minimum Gasteiger partial charge on any atom is -0.366 e. The fourth-order valence-corrected chi connectivity index (χ4v) is 0.908. The van der Waals surface area contributed by atoms with Crippen molar-refractivity contribution in [1.82, 2.24) is 4.98 Å². The van der Waals surface area contributed by atoms with E-state index in [0.717, 1.165) is 12.3 Å². The summed E-state index contributed by atoms with van der Waals surface area (Å²) in [7, 11) is 0. The van der Waals surface area contributed by atoms with Crippen LogP contribution in [-0.4, -0.2) is 11.6 Å². The molecule has 1 atom stereocenters. The van der Waals surface area contributed by atoms with Gasteiger partial charge in [0.05, 0.1) is 17.3 Å². The first-order chi connectivity index (χ1) is 4.86. The van der Waals surface area contributed by atoms with Gasteiger partial charge in [-0.2, -0.15) is 0 Å². The molecule has 3 heteroatoms. The Morgan fingerprint density at radius 3 is 2.90 bits per heavy atom. The molecule has 2 rings (SSSR count). The molecule has 1 aromatic heterocycles. The van der Waals surface area contributed by atoms with Crippen LogP contribution in [-0.2, 0) is 4.74 Å². The number of nitrogens with zero attached hydrogens (tertiary/aromatic N) is 1. The van der Waals surface area contributed by atoms with Gasteiger partial charge < -0.3 is 4.74 Å². The van der Waals surface area contributed by atoms with Crippen molar-refractivity contribution in [3.63, 3.8) is 0 Å². The van der Waals surface area contributed by atoms with Gasteiger partial charge in [0, 0.05) is 6.20 Å². The number of hydrogen-bond donors (Lipinski definition) is 0. The molecule has 0 bridgehead atoms. The van der Waals surface area contributed by atoms with E-state index in [1.807, 2.05) is 12.1 Å². The first-order valence-corrected chi connectivity index (χ1v) is 3.47. The highest BCUT2D eigenvalue weighted by Gasteiger charge is 2.25. The third-order valence-electron chi connectivity index (χ3n) is 1.41. The topological polar surface area (TPSA) is 25.4 Å². The van der Waals surface area contributed by atoms with Gasteiger partial charge in [-0.3, -0.25) is 4.98 Å². The highest BCUT2D eigenvalue weighted by Crippen LogP contribution is 2.28. The fourth-order valence-electron chi connectivity index (χ4n) is 0.797. The van der Waals surface area contributed by atoms with Crippen LogP contribution >= 0.6 is 11.6 Å². The van der Waals surface area contributed by atoms with E-state index < -0.39 is 0 Å². The Morgan fingerprint density at radius 2 is 2.40 bits per heavy atom. The SMILES string of the molecule is Clc1ccc([C@H]2CO2)nc1. The molecule has 1 aromatic rings.